The molecule has 1 atom stereocenters. The van der Waals surface area contributed by atoms with Gasteiger partial charge in [0.1, 0.15) is 0 Å². The SMILES string of the molecule is CC(C)NCC(c1ccccc1)n1cc(Br)cn1. The van der Waals surface area contributed by atoms with Crippen molar-refractivity contribution in [3.63, 3.8) is 0 Å². The molecular formula is C14H18BrN3. The number of hydrogen-bond donors (Lipinski definition) is 1. The van der Waals surface area contributed by atoms with Crippen molar-refractivity contribution in [3.8, 4) is 0 Å². The van der Waals surface area contributed by atoms with Crippen molar-refractivity contribution in [2.24, 2.45) is 0 Å². The molecule has 0 bridgehead atoms. The van der Waals surface area contributed by atoms with Crippen LogP contribution in [0.15, 0.2) is 47.2 Å². The highest BCUT2D eigenvalue weighted by Crippen LogP contribution is 2.19. The predicted octanol–water partition coefficient (Wildman–Crippen LogP) is 3.23. The van der Waals surface area contributed by atoms with E-state index in [0.29, 0.717) is 6.04 Å². The quantitative estimate of drug-likeness (QED) is 0.919. The van der Waals surface area contributed by atoms with E-state index in [2.05, 4.69) is 64.5 Å². The molecule has 3 nitrogen and oxygen atoms in total. The molecule has 1 unspecified atom stereocenters. The maximum Gasteiger partial charge on any atom is 0.0893 e. The van der Waals surface area contributed by atoms with Gasteiger partial charge in [-0.15, -0.1) is 0 Å². The van der Waals surface area contributed by atoms with Gasteiger partial charge in [-0.2, -0.15) is 5.10 Å². The fourth-order valence-corrected chi connectivity index (χ4v) is 2.17. The Hall–Kier alpha value is -1.13. The van der Waals surface area contributed by atoms with E-state index in [1.165, 1.54) is 5.56 Å². The third kappa shape index (κ3) is 3.43. The fourth-order valence-electron chi connectivity index (χ4n) is 1.87. The van der Waals surface area contributed by atoms with E-state index >= 15 is 0 Å². The Morgan fingerprint density at radius 1 is 1.28 bits per heavy atom. The second kappa shape index (κ2) is 6.16. The van der Waals surface area contributed by atoms with E-state index in [9.17, 15) is 0 Å². The number of hydrogen-bond acceptors (Lipinski definition) is 2. The normalized spacial score (nSPS) is 12.9. The van der Waals surface area contributed by atoms with Gasteiger partial charge in [0.05, 0.1) is 16.7 Å². The lowest BCUT2D eigenvalue weighted by atomic mass is 10.1. The predicted molar refractivity (Wildman–Crippen MR) is 77.6 cm³/mol. The Kier molecular flexibility index (Phi) is 4.55. The molecule has 0 amide bonds. The van der Waals surface area contributed by atoms with E-state index in [1.54, 1.807) is 0 Å². The van der Waals surface area contributed by atoms with Crippen LogP contribution in [0.2, 0.25) is 0 Å². The first-order chi connectivity index (χ1) is 8.66. The molecule has 1 aromatic heterocycles. The maximum absolute atomic E-state index is 4.40. The molecule has 2 aromatic rings. The fraction of sp³-hybridized carbons (Fsp3) is 0.357. The van der Waals surface area contributed by atoms with Gasteiger partial charge < -0.3 is 5.32 Å². The molecule has 2 rings (SSSR count). The second-order valence-corrected chi connectivity index (χ2v) is 5.54. The molecule has 0 aliphatic rings. The number of nitrogens with one attached hydrogen (secondary N) is 1. The molecule has 1 heterocycles. The van der Waals surface area contributed by atoms with Crippen molar-refractivity contribution >= 4 is 15.9 Å². The van der Waals surface area contributed by atoms with E-state index in [-0.39, 0.29) is 6.04 Å². The molecule has 4 heteroatoms. The lowest BCUT2D eigenvalue weighted by Gasteiger charge is -2.20. The topological polar surface area (TPSA) is 29.9 Å². The van der Waals surface area contributed by atoms with Crippen molar-refractivity contribution in [3.05, 3.63) is 52.8 Å². The van der Waals surface area contributed by atoms with Crippen molar-refractivity contribution < 1.29 is 0 Å². The van der Waals surface area contributed by atoms with Crippen molar-refractivity contribution in [1.82, 2.24) is 15.1 Å². The number of rotatable bonds is 5. The van der Waals surface area contributed by atoms with Gasteiger partial charge in [-0.1, -0.05) is 44.2 Å². The van der Waals surface area contributed by atoms with E-state index < -0.39 is 0 Å². The number of nitrogens with zero attached hydrogens (tertiary/aromatic N) is 2. The largest absolute Gasteiger partial charge is 0.312 e. The van der Waals surface area contributed by atoms with Gasteiger partial charge in [0.25, 0.3) is 0 Å². The zero-order chi connectivity index (χ0) is 13.0. The van der Waals surface area contributed by atoms with Crippen LogP contribution in [0, 0.1) is 0 Å². The summed E-state index contributed by atoms with van der Waals surface area (Å²) < 4.78 is 3.00. The monoisotopic (exact) mass is 307 g/mol. The van der Waals surface area contributed by atoms with Gasteiger partial charge in [-0.05, 0) is 21.5 Å². The highest BCUT2D eigenvalue weighted by atomic mass is 79.9. The van der Waals surface area contributed by atoms with Gasteiger partial charge in [-0.25, -0.2) is 0 Å². The minimum absolute atomic E-state index is 0.222. The summed E-state index contributed by atoms with van der Waals surface area (Å²) >= 11 is 3.45. The number of aromatic nitrogens is 2. The van der Waals surface area contributed by atoms with Gasteiger partial charge in [0.15, 0.2) is 0 Å². The number of benzene rings is 1. The van der Waals surface area contributed by atoms with Crippen LogP contribution in [-0.2, 0) is 0 Å². The molecule has 0 spiro atoms. The minimum atomic E-state index is 0.222. The van der Waals surface area contributed by atoms with Crippen LogP contribution in [0.4, 0.5) is 0 Å². The molecule has 0 aliphatic heterocycles. The highest BCUT2D eigenvalue weighted by molar-refractivity contribution is 9.10. The summed E-state index contributed by atoms with van der Waals surface area (Å²) in [6, 6.07) is 11.1. The van der Waals surface area contributed by atoms with Crippen molar-refractivity contribution in [1.29, 1.82) is 0 Å². The molecule has 0 aliphatic carbocycles. The first-order valence-electron chi connectivity index (χ1n) is 6.15. The minimum Gasteiger partial charge on any atom is -0.312 e. The highest BCUT2D eigenvalue weighted by Gasteiger charge is 2.14. The third-order valence-corrected chi connectivity index (χ3v) is 3.20. The van der Waals surface area contributed by atoms with E-state index in [0.717, 1.165) is 11.0 Å². The van der Waals surface area contributed by atoms with Gasteiger partial charge in [0.2, 0.25) is 0 Å². The average molecular weight is 308 g/mol. The molecule has 0 saturated heterocycles. The Bertz CT molecular complexity index is 479. The van der Waals surface area contributed by atoms with Gasteiger partial charge in [-0.3, -0.25) is 4.68 Å². The standard InChI is InChI=1S/C14H18BrN3/c1-11(2)16-9-14(12-6-4-3-5-7-12)18-10-13(15)8-17-18/h3-8,10-11,14,16H,9H2,1-2H3. The summed E-state index contributed by atoms with van der Waals surface area (Å²) in [6.07, 6.45) is 3.84. The summed E-state index contributed by atoms with van der Waals surface area (Å²) in [7, 11) is 0. The summed E-state index contributed by atoms with van der Waals surface area (Å²) in [4.78, 5) is 0. The van der Waals surface area contributed by atoms with Crippen LogP contribution >= 0.6 is 15.9 Å². The number of halogens is 1. The van der Waals surface area contributed by atoms with Crippen LogP contribution < -0.4 is 5.32 Å². The van der Waals surface area contributed by atoms with E-state index in [4.69, 9.17) is 0 Å². The lowest BCUT2D eigenvalue weighted by Crippen LogP contribution is -2.31. The maximum atomic E-state index is 4.40. The molecule has 0 saturated carbocycles. The Morgan fingerprint density at radius 2 is 2.00 bits per heavy atom. The molecular weight excluding hydrogens is 290 g/mol. The van der Waals surface area contributed by atoms with Crippen LogP contribution in [0.1, 0.15) is 25.5 Å². The van der Waals surface area contributed by atoms with Crippen LogP contribution in [0.5, 0.6) is 0 Å². The molecule has 1 N–H and O–H groups in total. The second-order valence-electron chi connectivity index (χ2n) is 4.63. The third-order valence-electron chi connectivity index (χ3n) is 2.79. The zero-order valence-corrected chi connectivity index (χ0v) is 12.3. The molecule has 1 aromatic carbocycles. The molecule has 0 radical (unpaired) electrons. The smallest absolute Gasteiger partial charge is 0.0893 e. The van der Waals surface area contributed by atoms with Crippen molar-refractivity contribution in [2.75, 3.05) is 6.54 Å². The van der Waals surface area contributed by atoms with Gasteiger partial charge >= 0.3 is 0 Å². The Labute approximate surface area is 116 Å². The molecule has 96 valence electrons. The lowest BCUT2D eigenvalue weighted by molar-refractivity contribution is 0.456. The summed E-state index contributed by atoms with van der Waals surface area (Å²) in [5.74, 6) is 0. The van der Waals surface area contributed by atoms with E-state index in [1.807, 2.05) is 23.1 Å². The Morgan fingerprint density at radius 3 is 2.56 bits per heavy atom. The average Bonchev–Trinajstić information content (AvgIpc) is 2.77. The first-order valence-corrected chi connectivity index (χ1v) is 6.94. The van der Waals surface area contributed by atoms with Gasteiger partial charge in [0, 0.05) is 18.8 Å². The summed E-state index contributed by atoms with van der Waals surface area (Å²) in [5.41, 5.74) is 1.27. The zero-order valence-electron chi connectivity index (χ0n) is 10.7. The van der Waals surface area contributed by atoms with Crippen LogP contribution in [0.25, 0.3) is 0 Å². The van der Waals surface area contributed by atoms with Crippen molar-refractivity contribution in [2.45, 2.75) is 25.9 Å². The Balaban J connectivity index is 2.23. The summed E-state index contributed by atoms with van der Waals surface area (Å²) in [6.45, 7) is 5.18. The molecule has 18 heavy (non-hydrogen) atoms. The van der Waals surface area contributed by atoms with Crippen LogP contribution in [0.3, 0.4) is 0 Å². The summed E-state index contributed by atoms with van der Waals surface area (Å²) in [5, 5.41) is 7.88. The molecule has 0 fully saturated rings. The first kappa shape index (κ1) is 13.3. The van der Waals surface area contributed by atoms with Crippen LogP contribution in [-0.4, -0.2) is 22.4 Å².